The third kappa shape index (κ3) is 8.34. The zero-order chi connectivity index (χ0) is 27.2. The number of aromatic nitrogens is 1. The second-order valence-corrected chi connectivity index (χ2v) is 10.4. The summed E-state index contributed by atoms with van der Waals surface area (Å²) in [4.78, 5) is 4.04. The van der Waals surface area contributed by atoms with Crippen molar-refractivity contribution in [1.29, 1.82) is 0 Å². The van der Waals surface area contributed by atoms with Crippen molar-refractivity contribution >= 4 is 27.5 Å². The molecule has 0 saturated heterocycles. The molecule has 4 nitrogen and oxygen atoms in total. The van der Waals surface area contributed by atoms with E-state index in [1.165, 1.54) is 116 Å². The summed E-state index contributed by atoms with van der Waals surface area (Å²) < 4.78 is 2.40. The minimum atomic E-state index is 0.597. The Balaban J connectivity index is 0.000000934. The predicted octanol–water partition coefficient (Wildman–Crippen LogP) is 9.29. The van der Waals surface area contributed by atoms with E-state index in [1.54, 1.807) is 0 Å². The zero-order valence-corrected chi connectivity index (χ0v) is 24.0. The topological polar surface area (TPSA) is 66.2 Å². The van der Waals surface area contributed by atoms with Gasteiger partial charge in [0.15, 0.2) is 0 Å². The molecule has 0 aliphatic carbocycles. The number of rotatable bonds is 14. The number of nitrogens with zero attached hydrogens (tertiary/aromatic N) is 1. The second-order valence-electron chi connectivity index (χ2n) is 10.4. The molecule has 1 heterocycles. The standard InChI is InChI=1S/C32H42N2.C2H7NO/c1-3-5-7-9-11-13-25-15-21-31-29(23-25)30-24-26(14-12-10-8-6-4-2)16-22-32(30)34(31)28-19-17-27(33)18-20-28;1-2-4-3/h15-24H,3-14,33H2,1-2H3;2-3H2,1H3. The first-order valence-electron chi connectivity index (χ1n) is 14.9. The van der Waals surface area contributed by atoms with Crippen molar-refractivity contribution in [3.8, 4) is 5.69 Å². The van der Waals surface area contributed by atoms with E-state index in [0.29, 0.717) is 6.61 Å². The largest absolute Gasteiger partial charge is 0.399 e. The van der Waals surface area contributed by atoms with E-state index < -0.39 is 0 Å². The zero-order valence-electron chi connectivity index (χ0n) is 24.0. The van der Waals surface area contributed by atoms with Gasteiger partial charge in [0.2, 0.25) is 0 Å². The van der Waals surface area contributed by atoms with E-state index in [2.05, 4.69) is 77.7 Å². The van der Waals surface area contributed by atoms with Crippen LogP contribution in [0.2, 0.25) is 0 Å². The number of hydrogen-bond donors (Lipinski definition) is 2. The number of hydrogen-bond acceptors (Lipinski definition) is 3. The molecule has 0 spiro atoms. The van der Waals surface area contributed by atoms with Gasteiger partial charge in [0.25, 0.3) is 0 Å². The van der Waals surface area contributed by atoms with Crippen molar-refractivity contribution in [1.82, 2.24) is 4.57 Å². The molecule has 4 aromatic rings. The fourth-order valence-corrected chi connectivity index (χ4v) is 5.20. The summed E-state index contributed by atoms with van der Waals surface area (Å²) >= 11 is 0. The predicted molar refractivity (Wildman–Crippen MR) is 166 cm³/mol. The number of nitrogens with two attached hydrogens (primary N) is 2. The molecule has 0 bridgehead atoms. The van der Waals surface area contributed by atoms with Crippen LogP contribution in [0.5, 0.6) is 0 Å². The Morgan fingerprint density at radius 3 is 1.47 bits per heavy atom. The van der Waals surface area contributed by atoms with E-state index in [9.17, 15) is 0 Å². The molecule has 1 aromatic heterocycles. The molecular formula is C34H49N3O. The highest BCUT2D eigenvalue weighted by Gasteiger charge is 2.13. The van der Waals surface area contributed by atoms with Gasteiger partial charge in [0, 0.05) is 22.1 Å². The van der Waals surface area contributed by atoms with Crippen molar-refractivity contribution in [2.75, 3.05) is 12.3 Å². The summed E-state index contributed by atoms with van der Waals surface area (Å²) in [5, 5.41) is 2.76. The van der Waals surface area contributed by atoms with E-state index in [-0.39, 0.29) is 0 Å². The molecule has 0 unspecified atom stereocenters. The molecule has 0 amide bonds. The average Bonchev–Trinajstić information content (AvgIpc) is 3.26. The Morgan fingerprint density at radius 1 is 0.605 bits per heavy atom. The van der Waals surface area contributed by atoms with Gasteiger partial charge in [-0.05, 0) is 92.3 Å². The van der Waals surface area contributed by atoms with Crippen LogP contribution in [0, 0.1) is 0 Å². The summed E-state index contributed by atoms with van der Waals surface area (Å²) in [6.07, 6.45) is 15.6. The van der Waals surface area contributed by atoms with Gasteiger partial charge in [0.05, 0.1) is 17.6 Å². The average molecular weight is 516 g/mol. The summed E-state index contributed by atoms with van der Waals surface area (Å²) in [5.41, 5.74) is 13.5. The Hall–Kier alpha value is -2.82. The fourth-order valence-electron chi connectivity index (χ4n) is 5.20. The third-order valence-corrected chi connectivity index (χ3v) is 7.35. The van der Waals surface area contributed by atoms with Gasteiger partial charge >= 0.3 is 0 Å². The number of aryl methyl sites for hydroxylation is 2. The molecular weight excluding hydrogens is 466 g/mol. The van der Waals surface area contributed by atoms with Crippen LogP contribution in [0.4, 0.5) is 5.69 Å². The van der Waals surface area contributed by atoms with E-state index in [4.69, 9.17) is 5.73 Å². The van der Waals surface area contributed by atoms with Crippen LogP contribution in [0.3, 0.4) is 0 Å². The van der Waals surface area contributed by atoms with E-state index in [1.807, 2.05) is 19.1 Å². The van der Waals surface area contributed by atoms with Crippen LogP contribution in [0.1, 0.15) is 96.1 Å². The van der Waals surface area contributed by atoms with Crippen molar-refractivity contribution in [2.24, 2.45) is 5.90 Å². The van der Waals surface area contributed by atoms with Crippen molar-refractivity contribution in [3.05, 3.63) is 71.8 Å². The summed E-state index contributed by atoms with van der Waals surface area (Å²) in [6, 6.07) is 22.5. The number of benzene rings is 3. The number of fused-ring (bicyclic) bond motifs is 3. The van der Waals surface area contributed by atoms with Crippen LogP contribution in [-0.2, 0) is 17.7 Å². The van der Waals surface area contributed by atoms with Crippen LogP contribution >= 0.6 is 0 Å². The molecule has 3 aromatic carbocycles. The van der Waals surface area contributed by atoms with Crippen molar-refractivity contribution in [2.45, 2.75) is 97.8 Å². The monoisotopic (exact) mass is 515 g/mol. The highest BCUT2D eigenvalue weighted by molar-refractivity contribution is 6.09. The van der Waals surface area contributed by atoms with Gasteiger partial charge in [-0.1, -0.05) is 77.3 Å². The Labute approximate surface area is 230 Å². The van der Waals surface area contributed by atoms with Crippen LogP contribution < -0.4 is 11.6 Å². The second kappa shape index (κ2) is 16.2. The van der Waals surface area contributed by atoms with Gasteiger partial charge < -0.3 is 15.1 Å². The van der Waals surface area contributed by atoms with E-state index in [0.717, 1.165) is 5.69 Å². The maximum absolute atomic E-state index is 5.99. The molecule has 0 saturated carbocycles. The summed E-state index contributed by atoms with van der Waals surface area (Å²) in [6.45, 7) is 6.99. The first-order chi connectivity index (χ1) is 18.6. The molecule has 0 aliphatic heterocycles. The smallest absolute Gasteiger partial charge is 0.0651 e. The lowest BCUT2D eigenvalue weighted by atomic mass is 10.0. The number of nitrogen functional groups attached to an aromatic ring is 1. The van der Waals surface area contributed by atoms with Gasteiger partial charge in [-0.25, -0.2) is 5.90 Å². The highest BCUT2D eigenvalue weighted by Crippen LogP contribution is 2.34. The van der Waals surface area contributed by atoms with E-state index >= 15 is 0 Å². The quantitative estimate of drug-likeness (QED) is 0.0998. The normalized spacial score (nSPS) is 11.2. The third-order valence-electron chi connectivity index (χ3n) is 7.35. The molecule has 4 heteroatoms. The van der Waals surface area contributed by atoms with Crippen molar-refractivity contribution < 1.29 is 4.84 Å². The lowest BCUT2D eigenvalue weighted by molar-refractivity contribution is 0.152. The molecule has 0 radical (unpaired) electrons. The number of unbranched alkanes of at least 4 members (excludes halogenated alkanes) is 8. The first-order valence-corrected chi connectivity index (χ1v) is 14.9. The Bertz CT molecular complexity index is 1150. The molecule has 206 valence electrons. The fraction of sp³-hybridized carbons (Fsp3) is 0.471. The molecule has 4 rings (SSSR count). The highest BCUT2D eigenvalue weighted by atomic mass is 16.6. The minimum absolute atomic E-state index is 0.597. The Morgan fingerprint density at radius 2 is 1.05 bits per heavy atom. The molecule has 4 N–H and O–H groups in total. The van der Waals surface area contributed by atoms with Gasteiger partial charge in [0.1, 0.15) is 0 Å². The minimum Gasteiger partial charge on any atom is -0.399 e. The summed E-state index contributed by atoms with van der Waals surface area (Å²) in [7, 11) is 0. The first kappa shape index (κ1) is 29.7. The molecule has 0 aliphatic rings. The summed E-state index contributed by atoms with van der Waals surface area (Å²) in [5.74, 6) is 4.53. The molecule has 0 atom stereocenters. The van der Waals surface area contributed by atoms with Gasteiger partial charge in [-0.15, -0.1) is 0 Å². The van der Waals surface area contributed by atoms with Crippen molar-refractivity contribution in [3.63, 3.8) is 0 Å². The maximum atomic E-state index is 5.99. The van der Waals surface area contributed by atoms with Gasteiger partial charge in [-0.3, -0.25) is 0 Å². The molecule has 38 heavy (non-hydrogen) atoms. The lowest BCUT2D eigenvalue weighted by Crippen LogP contribution is -1.95. The SMILES string of the molecule is CCCCCCCc1ccc2c(c1)c1cc(CCCCCCC)ccc1n2-c1ccc(N)cc1.CCON. The van der Waals surface area contributed by atoms with Crippen LogP contribution in [-0.4, -0.2) is 11.2 Å². The number of anilines is 1. The molecule has 0 fully saturated rings. The lowest BCUT2D eigenvalue weighted by Gasteiger charge is -2.09. The Kier molecular flexibility index (Phi) is 12.7. The van der Waals surface area contributed by atoms with Crippen LogP contribution in [0.25, 0.3) is 27.5 Å². The maximum Gasteiger partial charge on any atom is 0.0651 e. The van der Waals surface area contributed by atoms with Gasteiger partial charge in [-0.2, -0.15) is 0 Å². The van der Waals surface area contributed by atoms with Crippen LogP contribution in [0.15, 0.2) is 60.7 Å².